The molecule has 0 fully saturated rings. The number of halogens is 1. The zero-order valence-corrected chi connectivity index (χ0v) is 52.3. The predicted molar refractivity (Wildman–Crippen MR) is 399 cm³/mol. The van der Waals surface area contributed by atoms with Crippen molar-refractivity contribution in [2.24, 2.45) is 0 Å². The summed E-state index contributed by atoms with van der Waals surface area (Å²) in [5.74, 6) is 0. The van der Waals surface area contributed by atoms with Gasteiger partial charge in [0.25, 0.3) is 0 Å². The number of benzene rings is 16. The highest BCUT2D eigenvalue weighted by Crippen LogP contribution is 2.44. The minimum Gasteiger partial charge on any atom is -0.317 e. The first kappa shape index (κ1) is 54.4. The first-order valence-corrected chi connectivity index (χ1v) is 32.7. The van der Waals surface area contributed by atoms with E-state index in [2.05, 4.69) is 370 Å². The van der Waals surface area contributed by atoms with Crippen LogP contribution in [0.15, 0.2) is 344 Å². The molecule has 0 atom stereocenters. The largest absolute Gasteiger partial charge is 0.317 e. The van der Waals surface area contributed by atoms with Crippen molar-refractivity contribution < 1.29 is 0 Å². The lowest BCUT2D eigenvalue weighted by atomic mass is 9.92. The second-order valence-corrected chi connectivity index (χ2v) is 25.3. The Bertz CT molecular complexity index is 6100. The Kier molecular flexibility index (Phi) is 13.1. The average Bonchev–Trinajstić information content (AvgIpc) is 1.73. The third-order valence-corrected chi connectivity index (χ3v) is 19.8. The van der Waals surface area contributed by atoms with Gasteiger partial charge in [-0.1, -0.05) is 253 Å². The molecule has 0 unspecified atom stereocenters. The van der Waals surface area contributed by atoms with E-state index in [4.69, 9.17) is 0 Å². The van der Waals surface area contributed by atoms with Crippen LogP contribution in [0.1, 0.15) is 11.1 Å². The summed E-state index contributed by atoms with van der Waals surface area (Å²) in [5.41, 5.74) is 19.1. The number of rotatable bonds is 5. The summed E-state index contributed by atoms with van der Waals surface area (Å²) in [6.07, 6.45) is 5.42. The molecule has 4 heteroatoms. The van der Waals surface area contributed by atoms with E-state index >= 15 is 0 Å². The lowest BCUT2D eigenvalue weighted by molar-refractivity contribution is 1.13. The third kappa shape index (κ3) is 9.16. The Labute approximate surface area is 546 Å². The Morgan fingerprint density at radius 2 is 0.656 bits per heavy atom. The highest BCUT2D eigenvalue weighted by Gasteiger charge is 2.22. The molecule has 3 heterocycles. The number of aromatic nitrogens is 3. The Hall–Kier alpha value is -11.6. The number of nitrogens with zero attached hydrogens (tertiary/aromatic N) is 3. The molecule has 1 aliphatic carbocycles. The van der Waals surface area contributed by atoms with Gasteiger partial charge in [0, 0.05) is 55.5 Å². The van der Waals surface area contributed by atoms with E-state index in [0.717, 1.165) is 22.3 Å². The minimum atomic E-state index is 1.04. The zero-order chi connectivity index (χ0) is 61.5. The fourth-order valence-corrected chi connectivity index (χ4v) is 15.5. The molecule has 0 aliphatic heterocycles. The molecule has 0 radical (unpaired) electrons. The molecular weight excluding hydrogens is 1190 g/mol. The first-order chi connectivity index (χ1) is 46.1. The summed E-state index contributed by atoms with van der Waals surface area (Å²) in [5, 5.41) is 20.8. The SMILES string of the molecule is Brc1cccc(-c2ccc3c4ccccc4c4ccccc4c3c2)c1.c1ccc(-n2ccc3c2ccc2c4ccccc4n(-c4cccc(-c5ccc6c7ccccc7c7ccccc7c6c5)c4)c23)cc1.c1ccc(-n2ccc3c4c(ccc32)-c2ccccc2C4)cc1. The van der Waals surface area contributed by atoms with Crippen molar-refractivity contribution in [1.82, 2.24) is 13.7 Å². The van der Waals surface area contributed by atoms with Gasteiger partial charge in [-0.3, -0.25) is 0 Å². The molecule has 0 spiro atoms. The highest BCUT2D eigenvalue weighted by molar-refractivity contribution is 9.10. The quantitative estimate of drug-likeness (QED) is 0.153. The van der Waals surface area contributed by atoms with Crippen LogP contribution in [-0.4, -0.2) is 13.7 Å². The summed E-state index contributed by atoms with van der Waals surface area (Å²) in [6.45, 7) is 0. The van der Waals surface area contributed by atoms with E-state index in [-0.39, 0.29) is 0 Å². The maximum atomic E-state index is 3.58. The number of hydrogen-bond donors (Lipinski definition) is 0. The van der Waals surface area contributed by atoms with Crippen molar-refractivity contribution in [3.05, 3.63) is 356 Å². The van der Waals surface area contributed by atoms with E-state index in [1.807, 2.05) is 0 Å². The van der Waals surface area contributed by atoms with Gasteiger partial charge in [-0.05, 0) is 207 Å². The Balaban J connectivity index is 0.000000114. The number of para-hydroxylation sites is 3. The lowest BCUT2D eigenvalue weighted by Crippen LogP contribution is -1.95. The second-order valence-electron chi connectivity index (χ2n) is 24.4. The lowest BCUT2D eigenvalue weighted by Gasteiger charge is -2.14. The number of fused-ring (bicyclic) bond motifs is 22. The molecule has 0 N–H and O–H groups in total. The molecule has 3 aromatic heterocycles. The molecule has 93 heavy (non-hydrogen) atoms. The maximum Gasteiger partial charge on any atom is 0.0635 e. The molecule has 0 saturated carbocycles. The first-order valence-electron chi connectivity index (χ1n) is 31.9. The molecule has 3 nitrogen and oxygen atoms in total. The van der Waals surface area contributed by atoms with Gasteiger partial charge in [0.1, 0.15) is 0 Å². The zero-order valence-electron chi connectivity index (χ0n) is 50.8. The molecule has 19 aromatic rings. The molecule has 436 valence electrons. The monoisotopic (exact) mass is 1250 g/mol. The van der Waals surface area contributed by atoms with Gasteiger partial charge >= 0.3 is 0 Å². The normalized spacial score (nSPS) is 11.9. The van der Waals surface area contributed by atoms with Gasteiger partial charge in [-0.2, -0.15) is 0 Å². The fourth-order valence-electron chi connectivity index (χ4n) is 15.1. The topological polar surface area (TPSA) is 14.8 Å². The molecular formula is C89H58BrN3. The average molecular weight is 1250 g/mol. The van der Waals surface area contributed by atoms with Crippen LogP contribution in [0, 0.1) is 0 Å². The van der Waals surface area contributed by atoms with Gasteiger partial charge in [-0.25, -0.2) is 0 Å². The summed E-state index contributed by atoms with van der Waals surface area (Å²) in [7, 11) is 0. The van der Waals surface area contributed by atoms with Crippen molar-refractivity contribution in [3.8, 4) is 50.4 Å². The van der Waals surface area contributed by atoms with E-state index in [0.29, 0.717) is 0 Å². The molecule has 0 amide bonds. The van der Waals surface area contributed by atoms with Crippen LogP contribution in [0.2, 0.25) is 0 Å². The van der Waals surface area contributed by atoms with Gasteiger partial charge in [-0.15, -0.1) is 0 Å². The summed E-state index contributed by atoms with van der Waals surface area (Å²) in [4.78, 5) is 0. The van der Waals surface area contributed by atoms with Gasteiger partial charge in [0.15, 0.2) is 0 Å². The maximum absolute atomic E-state index is 3.58. The van der Waals surface area contributed by atoms with E-state index in [1.54, 1.807) is 0 Å². The smallest absolute Gasteiger partial charge is 0.0635 e. The Morgan fingerprint density at radius 1 is 0.237 bits per heavy atom. The highest BCUT2D eigenvalue weighted by atomic mass is 79.9. The molecule has 0 bridgehead atoms. The van der Waals surface area contributed by atoms with Crippen LogP contribution in [0.3, 0.4) is 0 Å². The van der Waals surface area contributed by atoms with Gasteiger partial charge < -0.3 is 13.7 Å². The van der Waals surface area contributed by atoms with Crippen LogP contribution in [0.25, 0.3) is 159 Å². The summed E-state index contributed by atoms with van der Waals surface area (Å²) in [6, 6.07) is 119. The Morgan fingerprint density at radius 3 is 1.23 bits per heavy atom. The molecule has 1 aliphatic rings. The van der Waals surface area contributed by atoms with E-state index < -0.39 is 0 Å². The van der Waals surface area contributed by atoms with Crippen molar-refractivity contribution in [2.45, 2.75) is 6.42 Å². The van der Waals surface area contributed by atoms with Crippen LogP contribution in [0.5, 0.6) is 0 Å². The van der Waals surface area contributed by atoms with E-state index in [1.165, 1.54) is 158 Å². The summed E-state index contributed by atoms with van der Waals surface area (Å²) < 4.78 is 8.12. The molecule has 16 aromatic carbocycles. The second kappa shape index (κ2) is 22.4. The van der Waals surface area contributed by atoms with Crippen molar-refractivity contribution in [3.63, 3.8) is 0 Å². The minimum absolute atomic E-state index is 1.04. The molecule has 20 rings (SSSR count). The van der Waals surface area contributed by atoms with Crippen LogP contribution < -0.4 is 0 Å². The van der Waals surface area contributed by atoms with Crippen molar-refractivity contribution in [1.29, 1.82) is 0 Å². The predicted octanol–water partition coefficient (Wildman–Crippen LogP) is 24.6. The fraction of sp³-hybridized carbons (Fsp3) is 0.0112. The van der Waals surface area contributed by atoms with Gasteiger partial charge in [0.05, 0.1) is 22.1 Å². The third-order valence-electron chi connectivity index (χ3n) is 19.3. The van der Waals surface area contributed by atoms with Crippen LogP contribution in [0.4, 0.5) is 0 Å². The van der Waals surface area contributed by atoms with Gasteiger partial charge in [0.2, 0.25) is 0 Å². The van der Waals surface area contributed by atoms with Crippen molar-refractivity contribution in [2.75, 3.05) is 0 Å². The summed E-state index contributed by atoms with van der Waals surface area (Å²) >= 11 is 3.58. The molecule has 0 saturated heterocycles. The van der Waals surface area contributed by atoms with E-state index in [9.17, 15) is 0 Å². The standard InChI is InChI=1S/C44H28N2.C24H15Br.C21H15N/c1-2-12-31(13-3-1)45-26-25-40-42(45)24-23-39-38-19-8-9-20-43(38)46(44(39)40)32-14-10-11-29(27-32)30-21-22-37-35-17-5-4-15-33(35)34-16-6-7-18-36(34)41(37)28-30;25-18-7-5-6-16(14-18)17-12-13-23-21-10-2-1-8-19(21)20-9-3-4-11-22(20)24(23)15-17;1-2-7-16(8-3-1)22-13-12-19-20-14-15-6-4-5-9-17(15)18(20)10-11-21(19)22/h1-28H;1-15H;1-13H,14H2. The van der Waals surface area contributed by atoms with Crippen molar-refractivity contribution >= 4 is 124 Å². The number of hydrogen-bond acceptors (Lipinski definition) is 0. The van der Waals surface area contributed by atoms with Crippen LogP contribution >= 0.6 is 15.9 Å². The van der Waals surface area contributed by atoms with Crippen LogP contribution in [-0.2, 0) is 6.42 Å².